The largest absolute Gasteiger partial charge is 0.388 e. The molecule has 2 heterocycles. The summed E-state index contributed by atoms with van der Waals surface area (Å²) in [6, 6.07) is 10.8. The monoisotopic (exact) mass is 606 g/mol. The lowest BCUT2D eigenvalue weighted by Gasteiger charge is -2.39. The molecule has 4 nitrogen and oxygen atoms in total. The van der Waals surface area contributed by atoms with Crippen LogP contribution < -0.4 is 0 Å². The summed E-state index contributed by atoms with van der Waals surface area (Å²) in [5.41, 5.74) is 7.48. The van der Waals surface area contributed by atoms with Crippen molar-refractivity contribution >= 4 is 12.6 Å². The molecule has 1 fully saturated rings. The van der Waals surface area contributed by atoms with E-state index in [-0.39, 0.29) is 23.0 Å². The van der Waals surface area contributed by atoms with E-state index in [0.29, 0.717) is 11.3 Å². The molecule has 1 aromatic carbocycles. The summed E-state index contributed by atoms with van der Waals surface area (Å²) in [7, 11) is 0. The highest BCUT2D eigenvalue weighted by Crippen LogP contribution is 2.61. The molecule has 2 aliphatic carbocycles. The van der Waals surface area contributed by atoms with Gasteiger partial charge in [0.15, 0.2) is 0 Å². The molecule has 43 heavy (non-hydrogen) atoms. The van der Waals surface area contributed by atoms with Gasteiger partial charge < -0.3 is 9.84 Å². The molecule has 4 atom stereocenters. The van der Waals surface area contributed by atoms with Crippen LogP contribution in [0.15, 0.2) is 24.3 Å². The quantitative estimate of drug-likeness (QED) is 0.341. The molecule has 238 valence electrons. The highest BCUT2D eigenvalue weighted by atomic mass is 32.1. The lowest BCUT2D eigenvalue weighted by Crippen LogP contribution is -2.34. The average Bonchev–Trinajstić information content (AvgIpc) is 3.48. The maximum absolute atomic E-state index is 11.5. The zero-order chi connectivity index (χ0) is 32.5. The highest BCUT2D eigenvalue weighted by molar-refractivity contribution is 7.79. The van der Waals surface area contributed by atoms with Crippen LogP contribution in [0.4, 0.5) is 0 Å². The van der Waals surface area contributed by atoms with E-state index >= 15 is 0 Å². The van der Waals surface area contributed by atoms with Gasteiger partial charge >= 0.3 is 0 Å². The average molecular weight is 607 g/mol. The molecule has 1 saturated carbocycles. The van der Waals surface area contributed by atoms with E-state index in [2.05, 4.69) is 105 Å². The van der Waals surface area contributed by atoms with Crippen molar-refractivity contribution in [2.24, 2.45) is 16.7 Å². The number of fused-ring (bicyclic) bond motifs is 4. The van der Waals surface area contributed by atoms with Crippen molar-refractivity contribution in [3.8, 4) is 6.07 Å². The summed E-state index contributed by atoms with van der Waals surface area (Å²) >= 11 is 3.53. The summed E-state index contributed by atoms with van der Waals surface area (Å²) in [5, 5.41) is 21.1. The normalized spacial score (nSPS) is 25.7. The second kappa shape index (κ2) is 13.2. The van der Waals surface area contributed by atoms with E-state index < -0.39 is 11.5 Å². The van der Waals surface area contributed by atoms with Crippen LogP contribution >= 0.6 is 12.6 Å². The third kappa shape index (κ3) is 7.18. The number of pyridine rings is 1. The van der Waals surface area contributed by atoms with Crippen LogP contribution in [0.1, 0.15) is 166 Å². The van der Waals surface area contributed by atoms with Crippen LogP contribution in [0.5, 0.6) is 0 Å². The molecular weight excluding hydrogens is 548 g/mol. The minimum atomic E-state index is -0.533. The van der Waals surface area contributed by atoms with Crippen molar-refractivity contribution in [2.45, 2.75) is 144 Å². The van der Waals surface area contributed by atoms with Gasteiger partial charge in [0, 0.05) is 22.5 Å². The van der Waals surface area contributed by atoms with Gasteiger partial charge in [-0.1, -0.05) is 93.0 Å². The minimum absolute atomic E-state index is 0.0264. The summed E-state index contributed by atoms with van der Waals surface area (Å²) < 4.78 is 7.17. The smallest absolute Gasteiger partial charge is 0.111 e. The third-order valence-corrected chi connectivity index (χ3v) is 9.92. The first-order valence-electron chi connectivity index (χ1n) is 16.4. The lowest BCUT2D eigenvalue weighted by atomic mass is 9.69. The Morgan fingerprint density at radius 2 is 1.67 bits per heavy atom. The van der Waals surface area contributed by atoms with Crippen LogP contribution in [0.3, 0.4) is 0 Å². The number of nitriles is 1. The zero-order valence-electron chi connectivity index (χ0n) is 29.1. The summed E-state index contributed by atoms with van der Waals surface area (Å²) in [5.74, 6) is 0.641. The van der Waals surface area contributed by atoms with Gasteiger partial charge in [0.1, 0.15) is 6.10 Å². The number of aromatic nitrogens is 1. The number of hydrogen-bond acceptors (Lipinski definition) is 5. The van der Waals surface area contributed by atoms with E-state index in [1.54, 1.807) is 6.26 Å². The number of ether oxygens (including phenoxy) is 1. The number of rotatable bonds is 3. The van der Waals surface area contributed by atoms with E-state index in [1.807, 2.05) is 13.8 Å². The Morgan fingerprint density at radius 3 is 2.14 bits per heavy atom. The minimum Gasteiger partial charge on any atom is -0.388 e. The standard InChI is InChI=1S/C31H40N2O2.C6H14.CH4S/c1-18(2)27-25-26(24-22(33-27)15-29(4,5)16-23(24)34)31(14-8-9-19(31)3)35-28(25)20-10-12-21(13-11-20)30(6,7)17-32;1-5-6(2,3)4;1-2/h10-13,18-19,23,28,34H,8-9,14-16H2,1-7H3;5H2,1-4H3;2H,1H3. The first-order valence-corrected chi connectivity index (χ1v) is 17.2. The molecule has 1 aromatic heterocycles. The summed E-state index contributed by atoms with van der Waals surface area (Å²) in [6.07, 6.45) is 7.15. The van der Waals surface area contributed by atoms with Gasteiger partial charge in [-0.3, -0.25) is 4.98 Å². The molecule has 3 aliphatic rings. The van der Waals surface area contributed by atoms with Crippen LogP contribution in [-0.4, -0.2) is 16.3 Å². The fourth-order valence-corrected chi connectivity index (χ4v) is 6.89. The Balaban J connectivity index is 0.000000566. The number of aliphatic hydroxyl groups is 1. The van der Waals surface area contributed by atoms with Crippen LogP contribution in [0, 0.1) is 28.1 Å². The second-order valence-corrected chi connectivity index (χ2v) is 15.8. The SMILES string of the molecule is CC(C)c1nc2c(c3c1C(c1ccc(C(C)(C)C#N)cc1)OC31CCCC1C)C(O)CC(C)(C)C2.CCC(C)(C)C.CS. The Kier molecular flexibility index (Phi) is 11.0. The first kappa shape index (κ1) is 35.6. The van der Waals surface area contributed by atoms with Crippen LogP contribution in [0.2, 0.25) is 0 Å². The van der Waals surface area contributed by atoms with E-state index in [4.69, 9.17) is 9.72 Å². The molecule has 0 radical (unpaired) electrons. The Labute approximate surface area is 268 Å². The molecular formula is C38H58N2O2S. The van der Waals surface area contributed by atoms with Gasteiger partial charge in [-0.15, -0.1) is 0 Å². The molecule has 1 aliphatic heterocycles. The lowest BCUT2D eigenvalue weighted by molar-refractivity contribution is -0.0842. The molecule has 4 unspecified atom stereocenters. The van der Waals surface area contributed by atoms with Crippen molar-refractivity contribution in [2.75, 3.05) is 6.26 Å². The van der Waals surface area contributed by atoms with Crippen LogP contribution in [0.25, 0.3) is 0 Å². The van der Waals surface area contributed by atoms with Gasteiger partial charge in [-0.2, -0.15) is 17.9 Å². The van der Waals surface area contributed by atoms with Crippen molar-refractivity contribution in [3.63, 3.8) is 0 Å². The molecule has 0 amide bonds. The van der Waals surface area contributed by atoms with E-state index in [0.717, 1.165) is 60.2 Å². The zero-order valence-corrected chi connectivity index (χ0v) is 30.0. The molecule has 5 rings (SSSR count). The molecule has 0 bridgehead atoms. The van der Waals surface area contributed by atoms with Crippen LogP contribution in [-0.2, 0) is 22.2 Å². The van der Waals surface area contributed by atoms with E-state index in [1.165, 1.54) is 17.5 Å². The molecule has 1 N–H and O–H groups in total. The maximum atomic E-state index is 11.5. The molecule has 1 spiro atoms. The summed E-state index contributed by atoms with van der Waals surface area (Å²) in [4.78, 5) is 5.27. The van der Waals surface area contributed by atoms with Gasteiger partial charge in [0.2, 0.25) is 0 Å². The number of thiol groups is 1. The maximum Gasteiger partial charge on any atom is 0.111 e. The predicted molar refractivity (Wildman–Crippen MR) is 183 cm³/mol. The Morgan fingerprint density at radius 1 is 1.09 bits per heavy atom. The summed E-state index contributed by atoms with van der Waals surface area (Å²) in [6.45, 7) is 24.1. The Bertz CT molecular complexity index is 1300. The van der Waals surface area contributed by atoms with Crippen molar-refractivity contribution in [1.29, 1.82) is 5.26 Å². The third-order valence-electron chi connectivity index (χ3n) is 9.92. The fourth-order valence-electron chi connectivity index (χ4n) is 6.89. The van der Waals surface area contributed by atoms with Gasteiger partial charge in [-0.05, 0) is 91.6 Å². The fraction of sp³-hybridized carbons (Fsp3) is 0.684. The van der Waals surface area contributed by atoms with Crippen molar-refractivity contribution < 1.29 is 9.84 Å². The van der Waals surface area contributed by atoms with Crippen molar-refractivity contribution in [1.82, 2.24) is 4.98 Å². The predicted octanol–water partition coefficient (Wildman–Crippen LogP) is 10.1. The highest BCUT2D eigenvalue weighted by Gasteiger charge is 2.55. The van der Waals surface area contributed by atoms with Gasteiger partial charge in [-0.25, -0.2) is 0 Å². The number of hydrogen-bond donors (Lipinski definition) is 2. The number of benzene rings is 1. The molecule has 5 heteroatoms. The molecule has 0 saturated heterocycles. The first-order chi connectivity index (χ1) is 20.0. The van der Waals surface area contributed by atoms with Gasteiger partial charge in [0.25, 0.3) is 0 Å². The number of aliphatic hydroxyl groups excluding tert-OH is 1. The van der Waals surface area contributed by atoms with E-state index in [9.17, 15) is 10.4 Å². The second-order valence-electron chi connectivity index (χ2n) is 15.8. The van der Waals surface area contributed by atoms with Crippen molar-refractivity contribution in [3.05, 3.63) is 63.5 Å². The molecule has 2 aromatic rings. The Hall–Kier alpha value is -1.87. The topological polar surface area (TPSA) is 66.1 Å². The van der Waals surface area contributed by atoms with Gasteiger partial charge in [0.05, 0.1) is 23.2 Å². The number of nitrogens with zero attached hydrogens (tertiary/aromatic N) is 2.